The number of likely N-dealkylation sites (tertiary alicyclic amines) is 1. The zero-order chi connectivity index (χ0) is 20.2. The van der Waals surface area contributed by atoms with Crippen molar-refractivity contribution in [3.63, 3.8) is 0 Å². The standard InChI is InChI=1S/C23H37N3O2/c1-2-3-4-5-6-7-8-9-10-12-19-14-16-20(17-15-19)23(27)26-18-11-13-21(26)22(24)25-28/h14-17,21,28H,2-13,18H2,1H3,(H2,24,25)/t21-/m0/s1. The minimum atomic E-state index is -0.292. The van der Waals surface area contributed by atoms with Gasteiger partial charge in [0.1, 0.15) is 0 Å². The van der Waals surface area contributed by atoms with Gasteiger partial charge < -0.3 is 15.8 Å². The molecule has 0 saturated carbocycles. The molecule has 2 rings (SSSR count). The van der Waals surface area contributed by atoms with Crippen molar-refractivity contribution in [2.45, 2.75) is 90.0 Å². The summed E-state index contributed by atoms with van der Waals surface area (Å²) in [7, 11) is 0. The Morgan fingerprint density at radius 2 is 1.68 bits per heavy atom. The van der Waals surface area contributed by atoms with Crippen LogP contribution in [0.2, 0.25) is 0 Å². The number of hydrogen-bond donors (Lipinski definition) is 2. The number of nitrogens with two attached hydrogens (primary N) is 1. The first-order valence-corrected chi connectivity index (χ1v) is 11.0. The molecule has 0 radical (unpaired) electrons. The number of amides is 1. The normalized spacial score (nSPS) is 17.2. The summed E-state index contributed by atoms with van der Waals surface area (Å²) in [6.07, 6.45) is 14.7. The van der Waals surface area contributed by atoms with Gasteiger partial charge in [-0.1, -0.05) is 75.6 Å². The molecular weight excluding hydrogens is 350 g/mol. The van der Waals surface area contributed by atoms with Crippen LogP contribution in [-0.4, -0.2) is 34.4 Å². The quantitative estimate of drug-likeness (QED) is 0.172. The average molecular weight is 388 g/mol. The van der Waals surface area contributed by atoms with E-state index in [2.05, 4.69) is 24.2 Å². The Labute approximate surface area is 170 Å². The van der Waals surface area contributed by atoms with Gasteiger partial charge in [0.25, 0.3) is 5.91 Å². The molecule has 1 fully saturated rings. The van der Waals surface area contributed by atoms with E-state index in [1.165, 1.54) is 63.4 Å². The predicted octanol–water partition coefficient (Wildman–Crippen LogP) is 5.11. The molecule has 1 aliphatic rings. The number of aryl methyl sites for hydroxylation is 1. The van der Waals surface area contributed by atoms with Gasteiger partial charge in [0.2, 0.25) is 0 Å². The number of hydrogen-bond acceptors (Lipinski definition) is 3. The van der Waals surface area contributed by atoms with E-state index in [1.807, 2.05) is 12.1 Å². The van der Waals surface area contributed by atoms with Crippen molar-refractivity contribution >= 4 is 11.7 Å². The second kappa shape index (κ2) is 12.4. The zero-order valence-corrected chi connectivity index (χ0v) is 17.4. The smallest absolute Gasteiger partial charge is 0.254 e. The predicted molar refractivity (Wildman–Crippen MR) is 115 cm³/mol. The first kappa shape index (κ1) is 22.3. The first-order chi connectivity index (χ1) is 13.7. The number of benzene rings is 1. The molecule has 1 aromatic carbocycles. The number of oxime groups is 1. The third-order valence-electron chi connectivity index (χ3n) is 5.74. The van der Waals surface area contributed by atoms with Crippen LogP contribution < -0.4 is 5.73 Å². The maximum atomic E-state index is 12.7. The molecule has 1 aromatic rings. The third-order valence-corrected chi connectivity index (χ3v) is 5.74. The highest BCUT2D eigenvalue weighted by Gasteiger charge is 2.32. The van der Waals surface area contributed by atoms with E-state index in [0.29, 0.717) is 12.1 Å². The highest BCUT2D eigenvalue weighted by Crippen LogP contribution is 2.21. The second-order valence-electron chi connectivity index (χ2n) is 7.96. The van der Waals surface area contributed by atoms with Gasteiger partial charge >= 0.3 is 0 Å². The Hall–Kier alpha value is -2.04. The summed E-state index contributed by atoms with van der Waals surface area (Å²) in [6.45, 7) is 2.91. The lowest BCUT2D eigenvalue weighted by Crippen LogP contribution is -2.43. The van der Waals surface area contributed by atoms with Crippen LogP contribution in [-0.2, 0) is 6.42 Å². The molecule has 1 atom stereocenters. The molecule has 0 spiro atoms. The van der Waals surface area contributed by atoms with Crippen LogP contribution in [0.15, 0.2) is 29.4 Å². The van der Waals surface area contributed by atoms with Crippen molar-refractivity contribution < 1.29 is 10.0 Å². The van der Waals surface area contributed by atoms with E-state index in [4.69, 9.17) is 10.9 Å². The summed E-state index contributed by atoms with van der Waals surface area (Å²) in [5.41, 5.74) is 7.70. The fourth-order valence-electron chi connectivity index (χ4n) is 4.00. The lowest BCUT2D eigenvalue weighted by Gasteiger charge is -2.23. The van der Waals surface area contributed by atoms with E-state index in [9.17, 15) is 4.79 Å². The fourth-order valence-corrected chi connectivity index (χ4v) is 4.00. The number of rotatable bonds is 12. The third kappa shape index (κ3) is 6.84. The van der Waals surface area contributed by atoms with E-state index < -0.39 is 0 Å². The molecule has 5 nitrogen and oxygen atoms in total. The molecule has 156 valence electrons. The van der Waals surface area contributed by atoms with Gasteiger partial charge in [0, 0.05) is 12.1 Å². The monoisotopic (exact) mass is 387 g/mol. The average Bonchev–Trinajstić information content (AvgIpc) is 3.22. The van der Waals surface area contributed by atoms with Crippen molar-refractivity contribution in [2.24, 2.45) is 10.9 Å². The van der Waals surface area contributed by atoms with E-state index in [1.54, 1.807) is 4.90 Å². The summed E-state index contributed by atoms with van der Waals surface area (Å²) >= 11 is 0. The summed E-state index contributed by atoms with van der Waals surface area (Å²) in [5.74, 6) is 0.0801. The zero-order valence-electron chi connectivity index (χ0n) is 17.4. The maximum absolute atomic E-state index is 12.7. The Morgan fingerprint density at radius 3 is 2.29 bits per heavy atom. The van der Waals surface area contributed by atoms with Crippen molar-refractivity contribution in [3.8, 4) is 0 Å². The van der Waals surface area contributed by atoms with Crippen molar-refractivity contribution in [2.75, 3.05) is 6.54 Å². The molecule has 1 aliphatic heterocycles. The number of unbranched alkanes of at least 4 members (excludes halogenated alkanes) is 8. The lowest BCUT2D eigenvalue weighted by molar-refractivity contribution is 0.0768. The van der Waals surface area contributed by atoms with Crippen LogP contribution in [0, 0.1) is 0 Å². The van der Waals surface area contributed by atoms with Gasteiger partial charge in [-0.25, -0.2) is 0 Å². The Balaban J connectivity index is 1.70. The molecule has 1 amide bonds. The molecule has 1 heterocycles. The van der Waals surface area contributed by atoms with Gasteiger partial charge in [-0.05, 0) is 43.4 Å². The van der Waals surface area contributed by atoms with Gasteiger partial charge in [-0.15, -0.1) is 0 Å². The molecule has 0 aliphatic carbocycles. The van der Waals surface area contributed by atoms with Crippen molar-refractivity contribution in [1.82, 2.24) is 4.90 Å². The molecule has 0 aromatic heterocycles. The largest absolute Gasteiger partial charge is 0.409 e. The minimum Gasteiger partial charge on any atom is -0.409 e. The Kier molecular flexibility index (Phi) is 9.87. The summed E-state index contributed by atoms with van der Waals surface area (Å²) < 4.78 is 0. The molecule has 3 N–H and O–H groups in total. The fraction of sp³-hybridized carbons (Fsp3) is 0.652. The van der Waals surface area contributed by atoms with E-state index in [0.717, 1.165) is 19.3 Å². The van der Waals surface area contributed by atoms with Gasteiger partial charge in [0.15, 0.2) is 5.84 Å². The van der Waals surface area contributed by atoms with Crippen molar-refractivity contribution in [3.05, 3.63) is 35.4 Å². The van der Waals surface area contributed by atoms with Crippen LogP contribution in [0.1, 0.15) is 93.5 Å². The number of nitrogens with zero attached hydrogens (tertiary/aromatic N) is 2. The number of carbonyl (C=O) groups excluding carboxylic acids is 1. The Bertz CT molecular complexity index is 613. The molecule has 28 heavy (non-hydrogen) atoms. The molecular formula is C23H37N3O2. The molecule has 0 unspecified atom stereocenters. The van der Waals surface area contributed by atoms with Crippen LogP contribution in [0.5, 0.6) is 0 Å². The van der Waals surface area contributed by atoms with Crippen LogP contribution in [0.3, 0.4) is 0 Å². The van der Waals surface area contributed by atoms with Gasteiger partial charge in [-0.3, -0.25) is 4.79 Å². The van der Waals surface area contributed by atoms with Crippen LogP contribution in [0.25, 0.3) is 0 Å². The summed E-state index contributed by atoms with van der Waals surface area (Å²) in [6, 6.07) is 7.65. The van der Waals surface area contributed by atoms with E-state index in [-0.39, 0.29) is 17.8 Å². The van der Waals surface area contributed by atoms with Crippen LogP contribution >= 0.6 is 0 Å². The lowest BCUT2D eigenvalue weighted by atomic mass is 10.0. The number of amidine groups is 1. The van der Waals surface area contributed by atoms with Crippen molar-refractivity contribution in [1.29, 1.82) is 0 Å². The SMILES string of the molecule is CCCCCCCCCCCc1ccc(C(=O)N2CCC[C@H]2/C(N)=N/O)cc1. The topological polar surface area (TPSA) is 78.9 Å². The maximum Gasteiger partial charge on any atom is 0.254 e. The second-order valence-corrected chi connectivity index (χ2v) is 7.96. The minimum absolute atomic E-state index is 0.0382. The first-order valence-electron chi connectivity index (χ1n) is 11.0. The van der Waals surface area contributed by atoms with Crippen LogP contribution in [0.4, 0.5) is 0 Å². The molecule has 5 heteroatoms. The summed E-state index contributed by atoms with van der Waals surface area (Å²) in [4.78, 5) is 14.5. The highest BCUT2D eigenvalue weighted by atomic mass is 16.4. The molecule has 1 saturated heterocycles. The van der Waals surface area contributed by atoms with Gasteiger partial charge in [-0.2, -0.15) is 0 Å². The summed E-state index contributed by atoms with van der Waals surface area (Å²) in [5, 5.41) is 12.0. The molecule has 0 bridgehead atoms. The van der Waals surface area contributed by atoms with E-state index >= 15 is 0 Å². The number of carbonyl (C=O) groups is 1. The van der Waals surface area contributed by atoms with Gasteiger partial charge in [0.05, 0.1) is 6.04 Å². The Morgan fingerprint density at radius 1 is 1.07 bits per heavy atom. The highest BCUT2D eigenvalue weighted by molar-refractivity contribution is 5.98.